The Morgan fingerprint density at radius 2 is 1.95 bits per heavy atom. The van der Waals surface area contributed by atoms with Gasteiger partial charge in [-0.25, -0.2) is 9.97 Å². The summed E-state index contributed by atoms with van der Waals surface area (Å²) in [6.45, 7) is 1.06. The average Bonchev–Trinajstić information content (AvgIpc) is 3.57. The predicted octanol–water partition coefficient (Wildman–Crippen LogP) is 1.93. The molecule has 0 unspecified atom stereocenters. The SMILES string of the molecule is N#CCn1cc(-c2cnc3c(Nc4ccc(C(=O)NCCNCC(=O)NCCN)c(Cl)c4)nccn23)c(C(F)(F)F)n1. The molecule has 4 rings (SSSR count). The smallest absolute Gasteiger partial charge is 0.354 e. The molecule has 0 fully saturated rings. The summed E-state index contributed by atoms with van der Waals surface area (Å²) in [5, 5.41) is 23.8. The van der Waals surface area contributed by atoms with Gasteiger partial charge in [-0.3, -0.25) is 18.7 Å². The number of carbonyl (C=O) groups is 2. The van der Waals surface area contributed by atoms with Crippen molar-refractivity contribution in [3.63, 3.8) is 0 Å². The maximum Gasteiger partial charge on any atom is 0.435 e. The molecule has 0 aliphatic heterocycles. The zero-order valence-electron chi connectivity index (χ0n) is 21.9. The highest BCUT2D eigenvalue weighted by molar-refractivity contribution is 6.34. The van der Waals surface area contributed by atoms with Crippen molar-refractivity contribution in [2.24, 2.45) is 5.73 Å². The number of benzene rings is 1. The molecular formula is C25H25ClF3N11O2. The number of halogens is 4. The zero-order chi connectivity index (χ0) is 30.3. The van der Waals surface area contributed by atoms with Gasteiger partial charge in [-0.15, -0.1) is 0 Å². The van der Waals surface area contributed by atoms with Gasteiger partial charge in [0.15, 0.2) is 17.2 Å². The van der Waals surface area contributed by atoms with Crippen LogP contribution in [-0.4, -0.2) is 68.7 Å². The second kappa shape index (κ2) is 13.3. The number of amides is 2. The number of nitrogens with one attached hydrogen (secondary N) is 4. The Morgan fingerprint density at radius 3 is 2.67 bits per heavy atom. The van der Waals surface area contributed by atoms with Crippen LogP contribution in [0, 0.1) is 11.3 Å². The Morgan fingerprint density at radius 1 is 1.14 bits per heavy atom. The van der Waals surface area contributed by atoms with Gasteiger partial charge >= 0.3 is 6.18 Å². The van der Waals surface area contributed by atoms with Crippen molar-refractivity contribution in [3.8, 4) is 17.3 Å². The monoisotopic (exact) mass is 603 g/mol. The molecule has 0 bridgehead atoms. The lowest BCUT2D eigenvalue weighted by atomic mass is 10.2. The number of aromatic nitrogens is 5. The number of nitrogens with zero attached hydrogens (tertiary/aromatic N) is 6. The van der Waals surface area contributed by atoms with Crippen molar-refractivity contribution < 1.29 is 22.8 Å². The first-order valence-corrected chi connectivity index (χ1v) is 12.9. The number of hydrogen-bond donors (Lipinski definition) is 5. The lowest BCUT2D eigenvalue weighted by Crippen LogP contribution is -2.39. The van der Waals surface area contributed by atoms with Crippen LogP contribution in [0.5, 0.6) is 0 Å². The summed E-state index contributed by atoms with van der Waals surface area (Å²) < 4.78 is 43.4. The number of hydrogen-bond acceptors (Lipinski definition) is 9. The van der Waals surface area contributed by atoms with Crippen LogP contribution in [0.15, 0.2) is 43.0 Å². The molecule has 0 aliphatic carbocycles. The molecule has 3 aromatic heterocycles. The minimum Gasteiger partial charge on any atom is -0.354 e. The molecule has 0 saturated heterocycles. The Bertz CT molecular complexity index is 1630. The Labute approximate surface area is 241 Å². The van der Waals surface area contributed by atoms with Gasteiger partial charge in [0, 0.05) is 50.5 Å². The third kappa shape index (κ3) is 7.13. The van der Waals surface area contributed by atoms with Crippen LogP contribution in [0.1, 0.15) is 16.1 Å². The summed E-state index contributed by atoms with van der Waals surface area (Å²) >= 11 is 6.35. The molecule has 17 heteroatoms. The maximum absolute atomic E-state index is 13.7. The highest BCUT2D eigenvalue weighted by Crippen LogP contribution is 2.37. The van der Waals surface area contributed by atoms with Crippen LogP contribution in [0.4, 0.5) is 24.7 Å². The Hall–Kier alpha value is -4.72. The number of imidazole rings is 1. The predicted molar refractivity (Wildman–Crippen MR) is 147 cm³/mol. The van der Waals surface area contributed by atoms with Gasteiger partial charge in [0.2, 0.25) is 5.91 Å². The maximum atomic E-state index is 13.7. The molecule has 6 N–H and O–H groups in total. The molecule has 220 valence electrons. The van der Waals surface area contributed by atoms with Crippen molar-refractivity contribution in [2.45, 2.75) is 12.7 Å². The van der Waals surface area contributed by atoms with Gasteiger partial charge in [-0.05, 0) is 18.2 Å². The van der Waals surface area contributed by atoms with Gasteiger partial charge in [-0.2, -0.15) is 23.5 Å². The number of anilines is 2. The van der Waals surface area contributed by atoms with E-state index in [-0.39, 0.29) is 58.8 Å². The molecule has 3 heterocycles. The summed E-state index contributed by atoms with van der Waals surface area (Å²) in [5.41, 5.74) is 4.92. The summed E-state index contributed by atoms with van der Waals surface area (Å²) in [4.78, 5) is 32.6. The zero-order valence-corrected chi connectivity index (χ0v) is 22.6. The summed E-state index contributed by atoms with van der Waals surface area (Å²) in [6.07, 6.45) is 0.478. The number of carbonyl (C=O) groups excluding carboxylic acids is 2. The first-order chi connectivity index (χ1) is 20.1. The van der Waals surface area contributed by atoms with E-state index in [9.17, 15) is 22.8 Å². The van der Waals surface area contributed by atoms with Gasteiger partial charge < -0.3 is 27.0 Å². The third-order valence-electron chi connectivity index (χ3n) is 5.78. The molecule has 0 saturated carbocycles. The second-order valence-corrected chi connectivity index (χ2v) is 9.16. The molecule has 0 aliphatic rings. The van der Waals surface area contributed by atoms with Crippen LogP contribution >= 0.6 is 11.6 Å². The molecule has 42 heavy (non-hydrogen) atoms. The van der Waals surface area contributed by atoms with E-state index in [1.807, 2.05) is 0 Å². The summed E-state index contributed by atoms with van der Waals surface area (Å²) in [7, 11) is 0. The number of alkyl halides is 3. The first-order valence-electron chi connectivity index (χ1n) is 12.5. The number of fused-ring (bicyclic) bond motifs is 1. The van der Waals surface area contributed by atoms with Crippen LogP contribution in [0.25, 0.3) is 16.9 Å². The van der Waals surface area contributed by atoms with Gasteiger partial charge in [0.05, 0.1) is 40.7 Å². The summed E-state index contributed by atoms with van der Waals surface area (Å²) in [6, 6.07) is 6.36. The fourth-order valence-corrected chi connectivity index (χ4v) is 4.19. The van der Waals surface area contributed by atoms with Crippen LogP contribution < -0.4 is 27.0 Å². The molecule has 4 aromatic rings. The quantitative estimate of drug-likeness (QED) is 0.151. The minimum atomic E-state index is -4.75. The van der Waals surface area contributed by atoms with Crippen molar-refractivity contribution in [1.82, 2.24) is 40.1 Å². The molecule has 1 aromatic carbocycles. The first kappa shape index (κ1) is 30.2. The van der Waals surface area contributed by atoms with E-state index in [2.05, 4.69) is 36.3 Å². The van der Waals surface area contributed by atoms with Gasteiger partial charge in [0.25, 0.3) is 5.91 Å². The van der Waals surface area contributed by atoms with E-state index in [1.165, 1.54) is 35.1 Å². The van der Waals surface area contributed by atoms with E-state index >= 15 is 0 Å². The number of rotatable bonds is 12. The number of nitriles is 1. The standard InChI is InChI=1S/C25H25ClF3N11O2/c26-18-11-15(1-2-16(18)24(42)35-7-6-32-13-20(41)33-5-3-30)37-22-23-36-12-19(40(23)10-8-34-22)17-14-39(9-4-31)38-21(17)25(27,28)29/h1-2,8,10-12,14,32H,3,5-7,9,13,30H2,(H,33,41)(H,34,37)(H,35,42). The Kier molecular flexibility index (Phi) is 9.57. The molecular weight excluding hydrogens is 579 g/mol. The van der Waals surface area contributed by atoms with Gasteiger partial charge in [-0.1, -0.05) is 11.6 Å². The van der Waals surface area contributed by atoms with Gasteiger partial charge in [0.1, 0.15) is 6.54 Å². The van der Waals surface area contributed by atoms with E-state index in [0.717, 1.165) is 10.9 Å². The van der Waals surface area contributed by atoms with E-state index in [4.69, 9.17) is 22.6 Å². The highest BCUT2D eigenvalue weighted by Gasteiger charge is 2.38. The van der Waals surface area contributed by atoms with Crippen LogP contribution in [0.3, 0.4) is 0 Å². The van der Waals surface area contributed by atoms with Crippen LogP contribution in [0.2, 0.25) is 5.02 Å². The normalized spacial score (nSPS) is 11.3. The van der Waals surface area contributed by atoms with Crippen molar-refractivity contribution in [3.05, 3.63) is 59.3 Å². The molecule has 0 spiro atoms. The lowest BCUT2D eigenvalue weighted by molar-refractivity contribution is -0.141. The highest BCUT2D eigenvalue weighted by atomic mass is 35.5. The van der Waals surface area contributed by atoms with E-state index < -0.39 is 17.8 Å². The van der Waals surface area contributed by atoms with Crippen molar-refractivity contribution in [2.75, 3.05) is 38.0 Å². The summed E-state index contributed by atoms with van der Waals surface area (Å²) in [5.74, 6) is -0.402. The van der Waals surface area contributed by atoms with E-state index in [1.54, 1.807) is 12.1 Å². The lowest BCUT2D eigenvalue weighted by Gasteiger charge is -2.11. The third-order valence-corrected chi connectivity index (χ3v) is 6.10. The van der Waals surface area contributed by atoms with Crippen LogP contribution in [-0.2, 0) is 17.5 Å². The largest absolute Gasteiger partial charge is 0.435 e. The molecule has 2 amide bonds. The molecule has 0 radical (unpaired) electrons. The number of nitrogens with two attached hydrogens (primary N) is 1. The van der Waals surface area contributed by atoms with Crippen molar-refractivity contribution >= 4 is 40.6 Å². The Balaban J connectivity index is 1.45. The fourth-order valence-electron chi connectivity index (χ4n) is 3.93. The van der Waals surface area contributed by atoms with E-state index in [0.29, 0.717) is 25.3 Å². The second-order valence-electron chi connectivity index (χ2n) is 8.75. The minimum absolute atomic E-state index is 0.0874. The fraction of sp³-hybridized carbons (Fsp3) is 0.280. The average molecular weight is 604 g/mol. The topological polar surface area (TPSA) is 180 Å². The molecule has 13 nitrogen and oxygen atoms in total. The van der Waals surface area contributed by atoms with Crippen molar-refractivity contribution in [1.29, 1.82) is 5.26 Å². The molecule has 0 atom stereocenters.